The van der Waals surface area contributed by atoms with Crippen molar-refractivity contribution in [2.75, 3.05) is 19.6 Å². The molecule has 0 bridgehead atoms. The minimum absolute atomic E-state index is 0.564. The Labute approximate surface area is 119 Å². The maximum absolute atomic E-state index is 5.92. The summed E-state index contributed by atoms with van der Waals surface area (Å²) >= 11 is 1.78. The fourth-order valence-electron chi connectivity index (χ4n) is 2.55. The number of thiophene rings is 1. The van der Waals surface area contributed by atoms with Gasteiger partial charge in [-0.3, -0.25) is 4.90 Å². The van der Waals surface area contributed by atoms with E-state index in [4.69, 9.17) is 5.73 Å². The Bertz CT molecular complexity index is 427. The largest absolute Gasteiger partial charge is 0.370 e. The first-order chi connectivity index (χ1) is 9.19. The van der Waals surface area contributed by atoms with Crippen molar-refractivity contribution in [2.24, 2.45) is 10.7 Å². The van der Waals surface area contributed by atoms with Crippen molar-refractivity contribution in [2.45, 2.75) is 39.3 Å². The van der Waals surface area contributed by atoms with Crippen LogP contribution >= 0.6 is 11.3 Å². The Hall–Kier alpha value is -1.07. The maximum Gasteiger partial charge on any atom is 0.189 e. The van der Waals surface area contributed by atoms with E-state index >= 15 is 0 Å². The van der Waals surface area contributed by atoms with E-state index in [9.17, 15) is 0 Å². The van der Waals surface area contributed by atoms with Crippen LogP contribution in [0.15, 0.2) is 17.1 Å². The minimum Gasteiger partial charge on any atom is -0.370 e. The number of aryl methyl sites for hydroxylation is 1. The molecule has 0 aliphatic carbocycles. The zero-order chi connectivity index (χ0) is 13.7. The Morgan fingerprint density at radius 2 is 2.42 bits per heavy atom. The summed E-state index contributed by atoms with van der Waals surface area (Å²) in [7, 11) is 0. The van der Waals surface area contributed by atoms with Crippen molar-refractivity contribution >= 4 is 17.3 Å². The van der Waals surface area contributed by atoms with Gasteiger partial charge in [0.05, 0.1) is 6.54 Å². The van der Waals surface area contributed by atoms with Crippen LogP contribution in [0.2, 0.25) is 0 Å². The van der Waals surface area contributed by atoms with Crippen molar-refractivity contribution in [3.8, 4) is 0 Å². The third-order valence-electron chi connectivity index (χ3n) is 3.63. The highest BCUT2D eigenvalue weighted by Crippen LogP contribution is 2.16. The standard InChI is InChI=1S/C14H24N4S/c1-3-18-8-4-5-12(18)9-16-14(15)17-10-13-7-6-11(2)19-13/h6-7,12H,3-5,8-10H2,1-2H3,(H3,15,16,17). The highest BCUT2D eigenvalue weighted by Gasteiger charge is 2.22. The van der Waals surface area contributed by atoms with Gasteiger partial charge in [0.25, 0.3) is 0 Å². The van der Waals surface area contributed by atoms with Crippen molar-refractivity contribution < 1.29 is 0 Å². The average molecular weight is 280 g/mol. The Kier molecular flexibility index (Phi) is 5.22. The highest BCUT2D eigenvalue weighted by atomic mass is 32.1. The molecule has 2 heterocycles. The number of nitrogens with two attached hydrogens (primary N) is 1. The van der Waals surface area contributed by atoms with Crippen LogP contribution in [-0.2, 0) is 6.54 Å². The number of nitrogens with zero attached hydrogens (tertiary/aromatic N) is 2. The molecule has 4 nitrogen and oxygen atoms in total. The molecule has 0 aromatic carbocycles. The molecule has 0 amide bonds. The predicted molar refractivity (Wildman–Crippen MR) is 82.7 cm³/mol. The van der Waals surface area contributed by atoms with Crippen LogP contribution in [0.25, 0.3) is 0 Å². The summed E-state index contributed by atoms with van der Waals surface area (Å²) in [4.78, 5) is 9.48. The van der Waals surface area contributed by atoms with Gasteiger partial charge in [0.1, 0.15) is 0 Å². The molecule has 3 N–H and O–H groups in total. The average Bonchev–Trinajstić information content (AvgIpc) is 3.02. The molecule has 0 saturated carbocycles. The Morgan fingerprint density at radius 3 is 3.11 bits per heavy atom. The molecule has 19 heavy (non-hydrogen) atoms. The molecular weight excluding hydrogens is 256 g/mol. The van der Waals surface area contributed by atoms with Crippen LogP contribution in [0.5, 0.6) is 0 Å². The van der Waals surface area contributed by atoms with Gasteiger partial charge in [0.15, 0.2) is 5.96 Å². The van der Waals surface area contributed by atoms with Gasteiger partial charge in [0, 0.05) is 22.3 Å². The molecular formula is C14H24N4S. The van der Waals surface area contributed by atoms with Gasteiger partial charge in [-0.2, -0.15) is 0 Å². The fourth-order valence-corrected chi connectivity index (χ4v) is 3.37. The Morgan fingerprint density at radius 1 is 1.58 bits per heavy atom. The molecule has 1 aliphatic rings. The predicted octanol–water partition coefficient (Wildman–Crippen LogP) is 1.95. The lowest BCUT2D eigenvalue weighted by Gasteiger charge is -2.23. The van der Waals surface area contributed by atoms with E-state index in [0.29, 0.717) is 18.5 Å². The zero-order valence-electron chi connectivity index (χ0n) is 11.9. The number of hydrogen-bond acceptors (Lipinski definition) is 3. The van der Waals surface area contributed by atoms with Gasteiger partial charge in [0.2, 0.25) is 0 Å². The van der Waals surface area contributed by atoms with E-state index in [-0.39, 0.29) is 0 Å². The van der Waals surface area contributed by atoms with E-state index in [0.717, 1.165) is 13.1 Å². The summed E-state index contributed by atoms with van der Waals surface area (Å²) in [5.74, 6) is 0.564. The quantitative estimate of drug-likeness (QED) is 0.640. The smallest absolute Gasteiger partial charge is 0.189 e. The molecule has 1 aliphatic heterocycles. The third kappa shape index (κ3) is 4.21. The molecule has 5 heteroatoms. The number of aliphatic imine (C=N–C) groups is 1. The van der Waals surface area contributed by atoms with Gasteiger partial charge >= 0.3 is 0 Å². The summed E-state index contributed by atoms with van der Waals surface area (Å²) in [6.07, 6.45) is 2.56. The monoisotopic (exact) mass is 280 g/mol. The Balaban J connectivity index is 1.76. The highest BCUT2D eigenvalue weighted by molar-refractivity contribution is 7.11. The van der Waals surface area contributed by atoms with Gasteiger partial charge < -0.3 is 11.1 Å². The summed E-state index contributed by atoms with van der Waals surface area (Å²) in [5.41, 5.74) is 5.92. The van der Waals surface area contributed by atoms with E-state index in [1.807, 2.05) is 0 Å². The molecule has 1 fully saturated rings. The number of likely N-dealkylation sites (tertiary alicyclic amines) is 1. The minimum atomic E-state index is 0.564. The SMILES string of the molecule is CCN1CCCC1CNC(N)=NCc1ccc(C)s1. The number of guanidine groups is 1. The van der Waals surface area contributed by atoms with Crippen molar-refractivity contribution in [1.82, 2.24) is 10.2 Å². The maximum atomic E-state index is 5.92. The van der Waals surface area contributed by atoms with Crippen molar-refractivity contribution in [3.63, 3.8) is 0 Å². The summed E-state index contributed by atoms with van der Waals surface area (Å²) in [6, 6.07) is 4.85. The lowest BCUT2D eigenvalue weighted by Crippen LogP contribution is -2.42. The molecule has 106 valence electrons. The second kappa shape index (κ2) is 6.91. The first kappa shape index (κ1) is 14.3. The third-order valence-corrected chi connectivity index (χ3v) is 4.61. The second-order valence-corrected chi connectivity index (χ2v) is 6.39. The number of nitrogens with one attached hydrogen (secondary N) is 1. The summed E-state index contributed by atoms with van der Waals surface area (Å²) in [6.45, 7) is 8.26. The van der Waals surface area contributed by atoms with Crippen LogP contribution < -0.4 is 11.1 Å². The fraction of sp³-hybridized carbons (Fsp3) is 0.643. The van der Waals surface area contributed by atoms with Crippen LogP contribution in [0.3, 0.4) is 0 Å². The molecule has 0 spiro atoms. The van der Waals surface area contributed by atoms with Gasteiger partial charge in [-0.1, -0.05) is 6.92 Å². The van der Waals surface area contributed by atoms with Crippen LogP contribution in [0, 0.1) is 6.92 Å². The van der Waals surface area contributed by atoms with Gasteiger partial charge in [-0.15, -0.1) is 11.3 Å². The van der Waals surface area contributed by atoms with E-state index in [2.05, 4.69) is 41.2 Å². The molecule has 1 saturated heterocycles. The summed E-state index contributed by atoms with van der Waals surface area (Å²) in [5, 5.41) is 3.26. The molecule has 1 aromatic heterocycles. The van der Waals surface area contributed by atoms with E-state index < -0.39 is 0 Å². The van der Waals surface area contributed by atoms with Gasteiger partial charge in [-0.05, 0) is 45.0 Å². The molecule has 2 rings (SSSR count). The molecule has 1 atom stereocenters. The molecule has 0 radical (unpaired) electrons. The van der Waals surface area contributed by atoms with Crippen LogP contribution in [-0.4, -0.2) is 36.5 Å². The zero-order valence-corrected chi connectivity index (χ0v) is 12.7. The van der Waals surface area contributed by atoms with E-state index in [1.54, 1.807) is 11.3 Å². The lowest BCUT2D eigenvalue weighted by atomic mass is 10.2. The van der Waals surface area contributed by atoms with Crippen molar-refractivity contribution in [1.29, 1.82) is 0 Å². The number of rotatable bonds is 5. The lowest BCUT2D eigenvalue weighted by molar-refractivity contribution is 0.267. The topological polar surface area (TPSA) is 53.6 Å². The van der Waals surface area contributed by atoms with Crippen LogP contribution in [0.4, 0.5) is 0 Å². The summed E-state index contributed by atoms with van der Waals surface area (Å²) < 4.78 is 0. The first-order valence-electron chi connectivity index (χ1n) is 7.02. The number of hydrogen-bond donors (Lipinski definition) is 2. The van der Waals surface area contributed by atoms with E-state index in [1.165, 1.54) is 29.1 Å². The van der Waals surface area contributed by atoms with Crippen molar-refractivity contribution in [3.05, 3.63) is 21.9 Å². The first-order valence-corrected chi connectivity index (χ1v) is 7.84. The normalized spacial score (nSPS) is 20.9. The van der Waals surface area contributed by atoms with Gasteiger partial charge in [-0.25, -0.2) is 4.99 Å². The second-order valence-electron chi connectivity index (χ2n) is 5.02. The van der Waals surface area contributed by atoms with Crippen LogP contribution in [0.1, 0.15) is 29.5 Å². The number of likely N-dealkylation sites (N-methyl/N-ethyl adjacent to an activating group) is 1. The molecule has 1 unspecified atom stereocenters. The molecule has 1 aromatic rings.